The maximum Gasteiger partial charge on any atom is 0.252 e. The van der Waals surface area contributed by atoms with E-state index in [9.17, 15) is 4.79 Å². The van der Waals surface area contributed by atoms with Crippen molar-refractivity contribution in [3.05, 3.63) is 52.2 Å². The Hall–Kier alpha value is -1.01. The van der Waals surface area contributed by atoms with E-state index in [0.717, 1.165) is 22.8 Å². The Labute approximate surface area is 139 Å². The summed E-state index contributed by atoms with van der Waals surface area (Å²) in [4.78, 5) is 14.5. The van der Waals surface area contributed by atoms with Crippen LogP contribution >= 0.6 is 35.5 Å². The smallest absolute Gasteiger partial charge is 0.252 e. The number of thioether (sulfide) groups is 1. The summed E-state index contributed by atoms with van der Waals surface area (Å²) < 4.78 is 0. The minimum Gasteiger partial charge on any atom is -0.351 e. The van der Waals surface area contributed by atoms with Gasteiger partial charge < -0.3 is 10.6 Å². The fraction of sp³-hybridized carbons (Fsp3) is 0.267. The van der Waals surface area contributed by atoms with Crippen molar-refractivity contribution in [1.82, 2.24) is 10.6 Å². The highest BCUT2D eigenvalue weighted by molar-refractivity contribution is 7.98. The Morgan fingerprint density at radius 2 is 2.00 bits per heavy atom. The third-order valence-corrected chi connectivity index (χ3v) is 4.92. The summed E-state index contributed by atoms with van der Waals surface area (Å²) in [6, 6.07) is 11.9. The van der Waals surface area contributed by atoms with Gasteiger partial charge in [-0.15, -0.1) is 35.5 Å². The van der Waals surface area contributed by atoms with Crippen LogP contribution in [-0.2, 0) is 5.75 Å². The predicted octanol–water partition coefficient (Wildman–Crippen LogP) is 3.41. The number of carbonyl (C=O) groups is 1. The zero-order valence-corrected chi connectivity index (χ0v) is 14.2. The number of thiophene rings is 1. The highest BCUT2D eigenvalue weighted by Crippen LogP contribution is 2.27. The van der Waals surface area contributed by atoms with E-state index in [4.69, 9.17) is 0 Å². The molecule has 0 radical (unpaired) electrons. The first-order valence-corrected chi connectivity index (χ1v) is 8.35. The molecule has 1 aromatic carbocycles. The Morgan fingerprint density at radius 3 is 2.71 bits per heavy atom. The van der Waals surface area contributed by atoms with E-state index in [1.54, 1.807) is 23.1 Å². The van der Waals surface area contributed by atoms with Gasteiger partial charge in [0, 0.05) is 28.6 Å². The van der Waals surface area contributed by atoms with Crippen LogP contribution in [0, 0.1) is 0 Å². The van der Waals surface area contributed by atoms with Crippen LogP contribution in [0.2, 0.25) is 0 Å². The molecule has 0 saturated carbocycles. The zero-order valence-electron chi connectivity index (χ0n) is 11.8. The molecule has 1 heterocycles. The Morgan fingerprint density at radius 1 is 1.19 bits per heavy atom. The van der Waals surface area contributed by atoms with Crippen LogP contribution < -0.4 is 10.6 Å². The summed E-state index contributed by atoms with van der Waals surface area (Å²) in [5.74, 6) is 0.896. The van der Waals surface area contributed by atoms with Crippen molar-refractivity contribution in [3.63, 3.8) is 0 Å². The second kappa shape index (κ2) is 9.84. The molecule has 0 atom stereocenters. The lowest BCUT2D eigenvalue weighted by Crippen LogP contribution is -2.30. The molecule has 1 amide bonds. The number of benzene rings is 1. The highest BCUT2D eigenvalue weighted by atomic mass is 35.5. The molecule has 0 fully saturated rings. The molecule has 0 aliphatic carbocycles. The Bertz CT molecular complexity index is 546. The van der Waals surface area contributed by atoms with Gasteiger partial charge in [-0.3, -0.25) is 4.79 Å². The largest absolute Gasteiger partial charge is 0.351 e. The molecule has 2 rings (SSSR count). The van der Waals surface area contributed by atoms with E-state index >= 15 is 0 Å². The molecule has 2 N–H and O–H groups in total. The maximum atomic E-state index is 12.2. The molecular formula is C15H19ClN2OS2. The molecule has 1 aromatic heterocycles. The van der Waals surface area contributed by atoms with Gasteiger partial charge in [0.15, 0.2) is 0 Å². The fourth-order valence-electron chi connectivity index (χ4n) is 1.72. The Balaban J connectivity index is 0.00000220. The zero-order chi connectivity index (χ0) is 14.2. The third kappa shape index (κ3) is 5.71. The summed E-state index contributed by atoms with van der Waals surface area (Å²) in [7, 11) is 1.87. The standard InChI is InChI=1S/C15H18N2OS2.ClH/c1-16-8-9-17-15(18)13-6-2-3-7-14(13)20-11-12-5-4-10-19-12;/h2-7,10,16H,8-9,11H2,1H3,(H,17,18);1H. The minimum absolute atomic E-state index is 0. The molecular weight excluding hydrogens is 324 g/mol. The highest BCUT2D eigenvalue weighted by Gasteiger charge is 2.10. The van der Waals surface area contributed by atoms with Gasteiger partial charge in [0.2, 0.25) is 0 Å². The van der Waals surface area contributed by atoms with Gasteiger partial charge >= 0.3 is 0 Å². The van der Waals surface area contributed by atoms with Gasteiger partial charge in [-0.2, -0.15) is 0 Å². The molecule has 2 aromatic rings. The van der Waals surface area contributed by atoms with Gasteiger partial charge in [-0.25, -0.2) is 0 Å². The van der Waals surface area contributed by atoms with Crippen molar-refractivity contribution in [2.24, 2.45) is 0 Å². The first-order valence-electron chi connectivity index (χ1n) is 6.48. The molecule has 0 spiro atoms. The SMILES string of the molecule is CNCCNC(=O)c1ccccc1SCc1cccs1.Cl. The molecule has 0 bridgehead atoms. The van der Waals surface area contributed by atoms with E-state index in [1.807, 2.05) is 31.3 Å². The lowest BCUT2D eigenvalue weighted by Gasteiger charge is -2.09. The molecule has 114 valence electrons. The molecule has 3 nitrogen and oxygen atoms in total. The number of likely N-dealkylation sites (N-methyl/N-ethyl adjacent to an activating group) is 1. The van der Waals surface area contributed by atoms with Crippen LogP contribution in [-0.4, -0.2) is 26.0 Å². The normalized spacial score (nSPS) is 9.95. The number of carbonyl (C=O) groups excluding carboxylic acids is 1. The molecule has 0 saturated heterocycles. The average Bonchev–Trinajstić information content (AvgIpc) is 2.99. The van der Waals surface area contributed by atoms with E-state index in [2.05, 4.69) is 28.1 Å². The van der Waals surface area contributed by atoms with Crippen LogP contribution in [0.3, 0.4) is 0 Å². The van der Waals surface area contributed by atoms with Crippen LogP contribution in [0.25, 0.3) is 0 Å². The van der Waals surface area contributed by atoms with E-state index < -0.39 is 0 Å². The quantitative estimate of drug-likeness (QED) is 0.598. The molecule has 6 heteroatoms. The molecule has 0 aliphatic heterocycles. The van der Waals surface area contributed by atoms with Crippen LogP contribution in [0.15, 0.2) is 46.7 Å². The second-order valence-corrected chi connectivity index (χ2v) is 6.27. The number of rotatable bonds is 7. The summed E-state index contributed by atoms with van der Waals surface area (Å²) in [6.45, 7) is 1.41. The number of halogens is 1. The van der Waals surface area contributed by atoms with E-state index in [0.29, 0.717) is 6.54 Å². The van der Waals surface area contributed by atoms with E-state index in [-0.39, 0.29) is 18.3 Å². The van der Waals surface area contributed by atoms with Crippen molar-refractivity contribution >= 4 is 41.4 Å². The fourth-order valence-corrected chi connectivity index (χ4v) is 3.54. The minimum atomic E-state index is -0.00507. The first kappa shape index (κ1) is 18.0. The van der Waals surface area contributed by atoms with Crippen LogP contribution in [0.1, 0.15) is 15.2 Å². The van der Waals surface area contributed by atoms with Gasteiger partial charge in [-0.1, -0.05) is 18.2 Å². The van der Waals surface area contributed by atoms with Gasteiger partial charge in [0.25, 0.3) is 5.91 Å². The van der Waals surface area contributed by atoms with Crippen LogP contribution in [0.5, 0.6) is 0 Å². The second-order valence-electron chi connectivity index (χ2n) is 4.22. The molecule has 21 heavy (non-hydrogen) atoms. The van der Waals surface area contributed by atoms with Gasteiger partial charge in [-0.05, 0) is 30.6 Å². The monoisotopic (exact) mass is 342 g/mol. The molecule has 0 unspecified atom stereocenters. The first-order chi connectivity index (χ1) is 9.81. The topological polar surface area (TPSA) is 41.1 Å². The maximum absolute atomic E-state index is 12.2. The lowest BCUT2D eigenvalue weighted by atomic mass is 10.2. The van der Waals surface area contributed by atoms with Crippen molar-refractivity contribution < 1.29 is 4.79 Å². The summed E-state index contributed by atoms with van der Waals surface area (Å²) in [5, 5.41) is 8.01. The molecule has 0 aliphatic rings. The van der Waals surface area contributed by atoms with Crippen LogP contribution in [0.4, 0.5) is 0 Å². The van der Waals surface area contributed by atoms with Gasteiger partial charge in [0.05, 0.1) is 5.56 Å². The van der Waals surface area contributed by atoms with Crippen molar-refractivity contribution in [2.75, 3.05) is 20.1 Å². The van der Waals surface area contributed by atoms with Crippen molar-refractivity contribution in [2.45, 2.75) is 10.6 Å². The Kier molecular flexibility index (Phi) is 8.45. The average molecular weight is 343 g/mol. The summed E-state index contributed by atoms with van der Waals surface area (Å²) in [6.07, 6.45) is 0. The number of nitrogens with one attached hydrogen (secondary N) is 2. The predicted molar refractivity (Wildman–Crippen MR) is 93.8 cm³/mol. The van der Waals surface area contributed by atoms with Gasteiger partial charge in [0.1, 0.15) is 0 Å². The number of amides is 1. The number of hydrogen-bond donors (Lipinski definition) is 2. The number of hydrogen-bond acceptors (Lipinski definition) is 4. The third-order valence-electron chi connectivity index (χ3n) is 2.74. The van der Waals surface area contributed by atoms with E-state index in [1.165, 1.54) is 4.88 Å². The van der Waals surface area contributed by atoms with Crippen molar-refractivity contribution in [1.29, 1.82) is 0 Å². The van der Waals surface area contributed by atoms with Crippen molar-refractivity contribution in [3.8, 4) is 0 Å². The summed E-state index contributed by atoms with van der Waals surface area (Å²) in [5.41, 5.74) is 0.755. The lowest BCUT2D eigenvalue weighted by molar-refractivity contribution is 0.0951. The summed E-state index contributed by atoms with van der Waals surface area (Å²) >= 11 is 3.45.